The lowest BCUT2D eigenvalue weighted by molar-refractivity contribution is 0.0760. The third kappa shape index (κ3) is 3.16. The summed E-state index contributed by atoms with van der Waals surface area (Å²) in [6, 6.07) is 1.50. The lowest BCUT2D eigenvalue weighted by Gasteiger charge is -2.28. The van der Waals surface area contributed by atoms with Crippen LogP contribution >= 0.6 is 0 Å². The first kappa shape index (κ1) is 11.4. The van der Waals surface area contributed by atoms with Crippen molar-refractivity contribution in [2.45, 2.75) is 44.7 Å². The molecule has 1 atom stereocenters. The van der Waals surface area contributed by atoms with Crippen LogP contribution in [0.2, 0.25) is 0 Å². The van der Waals surface area contributed by atoms with Crippen LogP contribution in [0.4, 0.5) is 0 Å². The fraction of sp³-hybridized carbons (Fsp3) is 1.00. The molecule has 0 unspecified atom stereocenters. The van der Waals surface area contributed by atoms with Crippen molar-refractivity contribution < 1.29 is 4.74 Å². The molecule has 2 rings (SSSR count). The van der Waals surface area contributed by atoms with Gasteiger partial charge in [-0.15, -0.1) is 0 Å². The molecule has 1 N–H and O–H groups in total. The molecule has 3 heteroatoms. The van der Waals surface area contributed by atoms with Crippen LogP contribution in [0, 0.1) is 0 Å². The summed E-state index contributed by atoms with van der Waals surface area (Å²) in [5.74, 6) is 0. The molecular weight excluding hydrogens is 188 g/mol. The summed E-state index contributed by atoms with van der Waals surface area (Å²) >= 11 is 0. The summed E-state index contributed by atoms with van der Waals surface area (Å²) < 4.78 is 5.36. The second-order valence-electron chi connectivity index (χ2n) is 4.72. The van der Waals surface area contributed by atoms with Gasteiger partial charge in [-0.1, -0.05) is 6.92 Å². The molecule has 0 saturated carbocycles. The van der Waals surface area contributed by atoms with E-state index in [0.717, 1.165) is 19.3 Å². The van der Waals surface area contributed by atoms with Gasteiger partial charge < -0.3 is 10.1 Å². The van der Waals surface area contributed by atoms with E-state index in [1.165, 1.54) is 45.3 Å². The lowest BCUT2D eigenvalue weighted by Crippen LogP contribution is -2.43. The normalized spacial score (nSPS) is 29.8. The average molecular weight is 212 g/mol. The molecule has 2 saturated heterocycles. The summed E-state index contributed by atoms with van der Waals surface area (Å²) in [5, 5.41) is 3.71. The quantitative estimate of drug-likeness (QED) is 0.759. The highest BCUT2D eigenvalue weighted by molar-refractivity contribution is 4.82. The Labute approximate surface area is 93.2 Å². The van der Waals surface area contributed by atoms with Crippen LogP contribution in [0.1, 0.15) is 32.6 Å². The number of ether oxygens (including phenoxy) is 1. The van der Waals surface area contributed by atoms with Crippen LogP contribution in [-0.2, 0) is 4.74 Å². The summed E-state index contributed by atoms with van der Waals surface area (Å²) in [5.41, 5.74) is 0. The van der Waals surface area contributed by atoms with E-state index >= 15 is 0 Å². The Morgan fingerprint density at radius 1 is 1.27 bits per heavy atom. The Balaban J connectivity index is 1.67. The molecule has 0 amide bonds. The van der Waals surface area contributed by atoms with E-state index in [-0.39, 0.29) is 0 Å². The molecule has 0 spiro atoms. The minimum Gasteiger partial charge on any atom is -0.381 e. The Hall–Kier alpha value is -0.120. The maximum atomic E-state index is 5.36. The lowest BCUT2D eigenvalue weighted by atomic mass is 10.1. The second-order valence-corrected chi connectivity index (χ2v) is 4.72. The SMILES string of the molecule is CCN1CCC[C@@H]1CNC1CCOCC1. The Morgan fingerprint density at radius 3 is 2.80 bits per heavy atom. The van der Waals surface area contributed by atoms with Crippen LogP contribution in [0.5, 0.6) is 0 Å². The van der Waals surface area contributed by atoms with Crippen LogP contribution in [-0.4, -0.2) is 49.8 Å². The van der Waals surface area contributed by atoms with Crippen molar-refractivity contribution in [2.24, 2.45) is 0 Å². The molecule has 88 valence electrons. The van der Waals surface area contributed by atoms with Gasteiger partial charge in [0.2, 0.25) is 0 Å². The number of likely N-dealkylation sites (N-methyl/N-ethyl adjacent to an activating group) is 1. The molecule has 0 aromatic carbocycles. The van der Waals surface area contributed by atoms with Gasteiger partial charge in [-0.25, -0.2) is 0 Å². The summed E-state index contributed by atoms with van der Waals surface area (Å²) in [4.78, 5) is 2.60. The van der Waals surface area contributed by atoms with Crippen LogP contribution < -0.4 is 5.32 Å². The third-order valence-corrected chi connectivity index (χ3v) is 3.77. The zero-order chi connectivity index (χ0) is 10.5. The van der Waals surface area contributed by atoms with E-state index in [1.807, 2.05) is 0 Å². The Morgan fingerprint density at radius 2 is 2.07 bits per heavy atom. The molecule has 2 aliphatic heterocycles. The van der Waals surface area contributed by atoms with Crippen molar-refractivity contribution >= 4 is 0 Å². The van der Waals surface area contributed by atoms with E-state index in [0.29, 0.717) is 6.04 Å². The zero-order valence-electron chi connectivity index (χ0n) is 9.87. The van der Waals surface area contributed by atoms with Crippen molar-refractivity contribution in [1.82, 2.24) is 10.2 Å². The number of nitrogens with one attached hydrogen (secondary N) is 1. The molecule has 2 heterocycles. The number of nitrogens with zero attached hydrogens (tertiary/aromatic N) is 1. The molecule has 15 heavy (non-hydrogen) atoms. The fourth-order valence-corrected chi connectivity index (χ4v) is 2.75. The van der Waals surface area contributed by atoms with E-state index in [9.17, 15) is 0 Å². The topological polar surface area (TPSA) is 24.5 Å². The second kappa shape index (κ2) is 5.83. The number of hydrogen-bond donors (Lipinski definition) is 1. The molecule has 0 radical (unpaired) electrons. The number of hydrogen-bond acceptors (Lipinski definition) is 3. The maximum Gasteiger partial charge on any atom is 0.0480 e. The van der Waals surface area contributed by atoms with Gasteiger partial charge in [-0.05, 0) is 38.8 Å². The molecule has 0 bridgehead atoms. The van der Waals surface area contributed by atoms with Gasteiger partial charge in [0.1, 0.15) is 0 Å². The largest absolute Gasteiger partial charge is 0.381 e. The first-order chi connectivity index (χ1) is 7.40. The molecule has 3 nitrogen and oxygen atoms in total. The van der Waals surface area contributed by atoms with Gasteiger partial charge in [0.25, 0.3) is 0 Å². The number of rotatable bonds is 4. The van der Waals surface area contributed by atoms with Crippen molar-refractivity contribution in [3.8, 4) is 0 Å². The first-order valence-electron chi connectivity index (χ1n) is 6.45. The highest BCUT2D eigenvalue weighted by Crippen LogP contribution is 2.16. The minimum absolute atomic E-state index is 0.707. The summed E-state index contributed by atoms with van der Waals surface area (Å²) in [7, 11) is 0. The minimum atomic E-state index is 0.707. The Bertz CT molecular complexity index is 180. The van der Waals surface area contributed by atoms with Gasteiger partial charge in [0, 0.05) is 31.8 Å². The van der Waals surface area contributed by atoms with Gasteiger partial charge in [-0.3, -0.25) is 4.90 Å². The van der Waals surface area contributed by atoms with Crippen LogP contribution in [0.3, 0.4) is 0 Å². The highest BCUT2D eigenvalue weighted by Gasteiger charge is 2.23. The van der Waals surface area contributed by atoms with Gasteiger partial charge >= 0.3 is 0 Å². The predicted molar refractivity (Wildman–Crippen MR) is 62.1 cm³/mol. The predicted octanol–water partition coefficient (Wildman–Crippen LogP) is 1.24. The molecule has 0 aromatic rings. The van der Waals surface area contributed by atoms with Crippen molar-refractivity contribution in [1.29, 1.82) is 0 Å². The van der Waals surface area contributed by atoms with Crippen molar-refractivity contribution in [3.05, 3.63) is 0 Å². The standard InChI is InChI=1S/C12H24N2O/c1-2-14-7-3-4-12(14)10-13-11-5-8-15-9-6-11/h11-13H,2-10H2,1H3/t12-/m1/s1. The molecule has 0 aliphatic carbocycles. The zero-order valence-corrected chi connectivity index (χ0v) is 9.87. The maximum absolute atomic E-state index is 5.36. The fourth-order valence-electron chi connectivity index (χ4n) is 2.75. The third-order valence-electron chi connectivity index (χ3n) is 3.77. The van der Waals surface area contributed by atoms with Gasteiger partial charge in [0.05, 0.1) is 0 Å². The molecule has 2 fully saturated rings. The van der Waals surface area contributed by atoms with E-state index < -0.39 is 0 Å². The van der Waals surface area contributed by atoms with Crippen LogP contribution in [0.25, 0.3) is 0 Å². The van der Waals surface area contributed by atoms with Crippen LogP contribution in [0.15, 0.2) is 0 Å². The highest BCUT2D eigenvalue weighted by atomic mass is 16.5. The summed E-state index contributed by atoms with van der Waals surface area (Å²) in [6.07, 6.45) is 5.15. The van der Waals surface area contributed by atoms with Crippen molar-refractivity contribution in [2.75, 3.05) is 32.8 Å². The van der Waals surface area contributed by atoms with Gasteiger partial charge in [0.15, 0.2) is 0 Å². The van der Waals surface area contributed by atoms with Crippen molar-refractivity contribution in [3.63, 3.8) is 0 Å². The monoisotopic (exact) mass is 212 g/mol. The Kier molecular flexibility index (Phi) is 4.42. The van der Waals surface area contributed by atoms with E-state index in [1.54, 1.807) is 0 Å². The first-order valence-corrected chi connectivity index (χ1v) is 6.45. The molecule has 0 aromatic heterocycles. The smallest absolute Gasteiger partial charge is 0.0480 e. The van der Waals surface area contributed by atoms with E-state index in [2.05, 4.69) is 17.1 Å². The average Bonchev–Trinajstić information content (AvgIpc) is 2.75. The number of likely N-dealkylation sites (tertiary alicyclic amines) is 1. The molecular formula is C12H24N2O. The van der Waals surface area contributed by atoms with Gasteiger partial charge in [-0.2, -0.15) is 0 Å². The molecule has 2 aliphatic rings. The summed E-state index contributed by atoms with van der Waals surface area (Å²) in [6.45, 7) is 7.85. The van der Waals surface area contributed by atoms with E-state index in [4.69, 9.17) is 4.74 Å².